The number of ether oxygens (including phenoxy) is 2. The minimum atomic E-state index is -0.971. The lowest BCUT2D eigenvalue weighted by molar-refractivity contribution is -0.0713. The molecule has 1 heterocycles. The van der Waals surface area contributed by atoms with Gasteiger partial charge in [-0.3, -0.25) is 4.39 Å². The van der Waals surface area contributed by atoms with E-state index in [0.29, 0.717) is 0 Å². The van der Waals surface area contributed by atoms with Crippen molar-refractivity contribution >= 4 is 6.16 Å². The SMILES string of the molecule is O=C1OCC(CF)C(CF)O1. The molecule has 0 aromatic heterocycles. The molecule has 0 aliphatic carbocycles. The molecule has 1 saturated heterocycles. The number of halogens is 2. The van der Waals surface area contributed by atoms with E-state index in [4.69, 9.17) is 0 Å². The highest BCUT2D eigenvalue weighted by Crippen LogP contribution is 2.16. The first kappa shape index (κ1) is 8.23. The summed E-state index contributed by atoms with van der Waals surface area (Å²) in [5.74, 6) is -0.655. The average Bonchev–Trinajstić information content (AvgIpc) is 2.04. The molecule has 0 aromatic carbocycles. The third-order valence-electron chi connectivity index (χ3n) is 1.54. The smallest absolute Gasteiger partial charge is 0.434 e. The number of hydrogen-bond acceptors (Lipinski definition) is 3. The maximum atomic E-state index is 12.0. The molecule has 0 amide bonds. The molecule has 1 rings (SSSR count). The van der Waals surface area contributed by atoms with Crippen molar-refractivity contribution in [3.63, 3.8) is 0 Å². The lowest BCUT2D eigenvalue weighted by Gasteiger charge is -2.26. The first-order valence-corrected chi connectivity index (χ1v) is 3.23. The van der Waals surface area contributed by atoms with Gasteiger partial charge >= 0.3 is 6.16 Å². The van der Waals surface area contributed by atoms with Gasteiger partial charge in [0.05, 0.1) is 12.6 Å². The summed E-state index contributed by atoms with van der Waals surface area (Å²) in [7, 11) is 0. The summed E-state index contributed by atoms with van der Waals surface area (Å²) in [5.41, 5.74) is 0. The van der Waals surface area contributed by atoms with E-state index in [2.05, 4.69) is 9.47 Å². The summed E-state index contributed by atoms with van der Waals surface area (Å²) in [6.07, 6.45) is -1.89. The van der Waals surface area contributed by atoms with Crippen LogP contribution in [0.4, 0.5) is 13.6 Å². The molecule has 0 radical (unpaired) electrons. The minimum absolute atomic E-state index is 0.0933. The van der Waals surface area contributed by atoms with Gasteiger partial charge in [0.15, 0.2) is 0 Å². The van der Waals surface area contributed by atoms with Gasteiger partial charge in [-0.15, -0.1) is 0 Å². The Morgan fingerprint density at radius 1 is 1.45 bits per heavy atom. The van der Waals surface area contributed by atoms with Crippen LogP contribution in [0.25, 0.3) is 0 Å². The summed E-state index contributed by atoms with van der Waals surface area (Å²) < 4.78 is 32.7. The predicted molar refractivity (Wildman–Crippen MR) is 31.7 cm³/mol. The molecule has 0 bridgehead atoms. The molecule has 1 aliphatic rings. The van der Waals surface area contributed by atoms with Crippen LogP contribution in [0, 0.1) is 5.92 Å². The van der Waals surface area contributed by atoms with Gasteiger partial charge in [0.25, 0.3) is 0 Å². The molecule has 2 unspecified atom stereocenters. The lowest BCUT2D eigenvalue weighted by atomic mass is 10.1. The van der Waals surface area contributed by atoms with Crippen molar-refractivity contribution in [1.29, 1.82) is 0 Å². The minimum Gasteiger partial charge on any atom is -0.434 e. The Labute approximate surface area is 62.3 Å². The van der Waals surface area contributed by atoms with Crippen molar-refractivity contribution in [3.8, 4) is 0 Å². The highest BCUT2D eigenvalue weighted by Gasteiger charge is 2.31. The van der Waals surface area contributed by atoms with E-state index >= 15 is 0 Å². The normalized spacial score (nSPS) is 30.9. The molecule has 0 spiro atoms. The van der Waals surface area contributed by atoms with Gasteiger partial charge < -0.3 is 9.47 Å². The zero-order chi connectivity index (χ0) is 8.27. The summed E-state index contributed by atoms with van der Waals surface area (Å²) >= 11 is 0. The van der Waals surface area contributed by atoms with E-state index in [-0.39, 0.29) is 6.61 Å². The third-order valence-corrected chi connectivity index (χ3v) is 1.54. The van der Waals surface area contributed by atoms with Crippen molar-refractivity contribution in [1.82, 2.24) is 0 Å². The quantitative estimate of drug-likeness (QED) is 0.576. The van der Waals surface area contributed by atoms with Crippen LogP contribution in [0.15, 0.2) is 0 Å². The fraction of sp³-hybridized carbons (Fsp3) is 0.833. The molecule has 0 aromatic rings. The zero-order valence-corrected chi connectivity index (χ0v) is 5.76. The largest absolute Gasteiger partial charge is 0.508 e. The van der Waals surface area contributed by atoms with Gasteiger partial charge in [-0.05, 0) is 0 Å². The van der Waals surface area contributed by atoms with Crippen LogP contribution in [0.5, 0.6) is 0 Å². The number of carbonyl (C=O) groups is 1. The Kier molecular flexibility index (Phi) is 2.62. The number of alkyl halides is 2. The van der Waals surface area contributed by atoms with E-state index in [9.17, 15) is 13.6 Å². The van der Waals surface area contributed by atoms with E-state index in [1.54, 1.807) is 0 Å². The molecule has 1 aliphatic heterocycles. The van der Waals surface area contributed by atoms with E-state index in [1.165, 1.54) is 0 Å². The number of hydrogen-bond donors (Lipinski definition) is 0. The fourth-order valence-corrected chi connectivity index (χ4v) is 0.838. The number of carbonyl (C=O) groups excluding carboxylic acids is 1. The monoisotopic (exact) mass is 166 g/mol. The number of rotatable bonds is 2. The van der Waals surface area contributed by atoms with E-state index in [0.717, 1.165) is 0 Å². The molecular formula is C6H8F2O3. The molecule has 0 saturated carbocycles. The summed E-state index contributed by atoms with van der Waals surface area (Å²) in [5, 5.41) is 0. The average molecular weight is 166 g/mol. The summed E-state index contributed by atoms with van der Waals surface area (Å²) in [6.45, 7) is -1.69. The Morgan fingerprint density at radius 3 is 2.73 bits per heavy atom. The topological polar surface area (TPSA) is 35.5 Å². The van der Waals surface area contributed by atoms with Gasteiger partial charge in [-0.2, -0.15) is 0 Å². The molecule has 1 fully saturated rings. The van der Waals surface area contributed by atoms with Crippen LogP contribution in [-0.4, -0.2) is 32.2 Å². The van der Waals surface area contributed by atoms with Gasteiger partial charge in [-0.1, -0.05) is 0 Å². The standard InChI is InChI=1S/C6H8F2O3/c7-1-4-3-10-6(9)11-5(4)2-8/h4-5H,1-3H2. The van der Waals surface area contributed by atoms with Crippen LogP contribution in [0.1, 0.15) is 0 Å². The molecule has 2 atom stereocenters. The van der Waals surface area contributed by atoms with Crippen molar-refractivity contribution in [3.05, 3.63) is 0 Å². The highest BCUT2D eigenvalue weighted by atomic mass is 19.1. The van der Waals surface area contributed by atoms with Crippen LogP contribution in [0.2, 0.25) is 0 Å². The second-order valence-corrected chi connectivity index (χ2v) is 2.29. The lowest BCUT2D eigenvalue weighted by Crippen LogP contribution is -2.39. The second-order valence-electron chi connectivity index (χ2n) is 2.29. The third kappa shape index (κ3) is 1.78. The van der Waals surface area contributed by atoms with Gasteiger partial charge in [0, 0.05) is 0 Å². The maximum absolute atomic E-state index is 12.0. The Balaban J connectivity index is 2.48. The van der Waals surface area contributed by atoms with Gasteiger partial charge in [0.1, 0.15) is 19.4 Å². The summed E-state index contributed by atoms with van der Waals surface area (Å²) in [4.78, 5) is 10.4. The zero-order valence-electron chi connectivity index (χ0n) is 5.76. The molecule has 3 nitrogen and oxygen atoms in total. The van der Waals surface area contributed by atoms with Crippen LogP contribution in [-0.2, 0) is 9.47 Å². The van der Waals surface area contributed by atoms with E-state index < -0.39 is 31.5 Å². The second kappa shape index (κ2) is 3.50. The Hall–Kier alpha value is -0.870. The molecule has 64 valence electrons. The number of cyclic esters (lactones) is 2. The Bertz CT molecular complexity index is 151. The molecule has 11 heavy (non-hydrogen) atoms. The van der Waals surface area contributed by atoms with Crippen molar-refractivity contribution in [2.45, 2.75) is 6.10 Å². The molecule has 5 heteroatoms. The van der Waals surface area contributed by atoms with E-state index in [1.807, 2.05) is 0 Å². The van der Waals surface area contributed by atoms with Crippen molar-refractivity contribution in [2.24, 2.45) is 5.92 Å². The highest BCUT2D eigenvalue weighted by molar-refractivity contribution is 5.60. The van der Waals surface area contributed by atoms with Gasteiger partial charge in [-0.25, -0.2) is 9.18 Å². The Morgan fingerprint density at radius 2 is 2.18 bits per heavy atom. The van der Waals surface area contributed by atoms with Crippen molar-refractivity contribution in [2.75, 3.05) is 20.0 Å². The molecule has 0 N–H and O–H groups in total. The molecular weight excluding hydrogens is 158 g/mol. The van der Waals surface area contributed by atoms with Crippen LogP contribution < -0.4 is 0 Å². The fourth-order valence-electron chi connectivity index (χ4n) is 0.838. The first-order chi connectivity index (χ1) is 5.27. The van der Waals surface area contributed by atoms with Crippen molar-refractivity contribution < 1.29 is 23.0 Å². The van der Waals surface area contributed by atoms with Crippen LogP contribution >= 0.6 is 0 Å². The first-order valence-electron chi connectivity index (χ1n) is 3.23. The maximum Gasteiger partial charge on any atom is 0.508 e. The van der Waals surface area contributed by atoms with Gasteiger partial charge in [0.2, 0.25) is 0 Å². The summed E-state index contributed by atoms with van der Waals surface area (Å²) in [6, 6.07) is 0. The predicted octanol–water partition coefficient (Wildman–Crippen LogP) is 1.08. The van der Waals surface area contributed by atoms with Crippen LogP contribution in [0.3, 0.4) is 0 Å².